The third-order valence-electron chi connectivity index (χ3n) is 1.64. The molecule has 1 aromatic carbocycles. The summed E-state index contributed by atoms with van der Waals surface area (Å²) in [5.41, 5.74) is 0. The topological polar surface area (TPSA) is 86.3 Å². The number of sulfonamides is 1. The Morgan fingerprint density at radius 2 is 1.82 bits per heavy atom. The molecule has 1 rings (SSSR count). The molecule has 0 spiro atoms. The molecule has 0 aromatic heterocycles. The molecule has 0 aliphatic carbocycles. The number of carbonyl (C=O) groups excluding carboxylic acids is 1. The Balaban J connectivity index is 3.20. The molecule has 5 nitrogen and oxygen atoms in total. The van der Waals surface area contributed by atoms with E-state index in [0.29, 0.717) is 4.47 Å². The second-order valence-corrected chi connectivity index (χ2v) is 6.33. The van der Waals surface area contributed by atoms with Gasteiger partial charge in [-0.15, -0.1) is 0 Å². The second kappa shape index (κ2) is 5.53. The van der Waals surface area contributed by atoms with Crippen molar-refractivity contribution >= 4 is 55.1 Å². The molecule has 0 fully saturated rings. The zero-order chi connectivity index (χ0) is 13.2. The number of carboxylic acids is 1. The molecule has 0 saturated carbocycles. The number of benzene rings is 1. The van der Waals surface area contributed by atoms with Crippen LogP contribution in [0.1, 0.15) is 0 Å². The van der Waals surface area contributed by atoms with Gasteiger partial charge in [0, 0.05) is 4.47 Å². The number of hydrogen-bond acceptors (Lipinski definition) is 4. The molecule has 0 radical (unpaired) electrons. The predicted octanol–water partition coefficient (Wildman–Crippen LogP) is 0.784. The number of hydrogen-bond donors (Lipinski definition) is 1. The molecule has 0 heterocycles. The molecule has 0 unspecified atom stereocenters. The summed E-state index contributed by atoms with van der Waals surface area (Å²) in [7, 11) is -4.09. The van der Waals surface area contributed by atoms with Gasteiger partial charge in [-0.1, -0.05) is 39.1 Å². The third-order valence-corrected chi connectivity index (χ3v) is 4.42. The summed E-state index contributed by atoms with van der Waals surface area (Å²) in [6.07, 6.45) is 0. The third kappa shape index (κ3) is 3.82. The summed E-state index contributed by atoms with van der Waals surface area (Å²) in [5.74, 6) is -1.56. The van der Waals surface area contributed by atoms with Gasteiger partial charge in [0.2, 0.25) is 10.0 Å². The van der Waals surface area contributed by atoms with Gasteiger partial charge in [0.25, 0.3) is 0 Å². The molecular formula is C8H5BrCl2NO4S-. The molecule has 0 amide bonds. The fourth-order valence-electron chi connectivity index (χ4n) is 1.01. The Labute approximate surface area is 116 Å². The van der Waals surface area contributed by atoms with Crippen molar-refractivity contribution in [2.75, 3.05) is 6.54 Å². The number of rotatable bonds is 4. The summed E-state index contributed by atoms with van der Waals surface area (Å²) in [6, 6.07) is 2.67. The molecular weight excluding hydrogens is 357 g/mol. The molecule has 1 aromatic rings. The van der Waals surface area contributed by atoms with E-state index < -0.39 is 22.5 Å². The molecule has 0 saturated heterocycles. The smallest absolute Gasteiger partial charge is 0.243 e. The lowest BCUT2D eigenvalue weighted by Crippen LogP contribution is -2.37. The minimum absolute atomic E-state index is 0.116. The van der Waals surface area contributed by atoms with Gasteiger partial charge in [-0.05, 0) is 12.1 Å². The van der Waals surface area contributed by atoms with E-state index in [1.807, 2.05) is 0 Å². The molecule has 9 heteroatoms. The first-order chi connectivity index (χ1) is 7.74. The van der Waals surface area contributed by atoms with Crippen molar-refractivity contribution in [3.05, 3.63) is 26.7 Å². The van der Waals surface area contributed by atoms with Gasteiger partial charge >= 0.3 is 0 Å². The van der Waals surface area contributed by atoms with Gasteiger partial charge < -0.3 is 9.90 Å². The first-order valence-corrected chi connectivity index (χ1v) is 7.11. The Kier molecular flexibility index (Phi) is 4.79. The summed E-state index contributed by atoms with van der Waals surface area (Å²) >= 11 is 14.6. The van der Waals surface area contributed by atoms with Crippen LogP contribution >= 0.6 is 39.1 Å². The van der Waals surface area contributed by atoms with E-state index >= 15 is 0 Å². The minimum Gasteiger partial charge on any atom is -0.549 e. The normalized spacial score (nSPS) is 11.5. The Morgan fingerprint density at radius 3 is 2.24 bits per heavy atom. The number of carboxylic acid groups (broad SMARTS) is 1. The van der Waals surface area contributed by atoms with Gasteiger partial charge in [-0.25, -0.2) is 13.1 Å². The quantitative estimate of drug-likeness (QED) is 0.858. The predicted molar refractivity (Wildman–Crippen MR) is 64.4 cm³/mol. The summed E-state index contributed by atoms with van der Waals surface area (Å²) in [4.78, 5) is 9.82. The molecule has 0 atom stereocenters. The standard InChI is InChI=1S/C8H6BrCl2NO4S/c9-4-1-5(10)8(6(11)2-4)17(15,16)12-3-7(13)14/h1-2,12H,3H2,(H,13,14)/p-1. The molecule has 1 N–H and O–H groups in total. The van der Waals surface area contributed by atoms with Crippen LogP contribution in [0.3, 0.4) is 0 Å². The molecule has 0 aliphatic heterocycles. The lowest BCUT2D eigenvalue weighted by Gasteiger charge is -2.10. The van der Waals surface area contributed by atoms with Crippen LogP contribution in [0.2, 0.25) is 10.0 Å². The zero-order valence-electron chi connectivity index (χ0n) is 8.04. The minimum atomic E-state index is -4.09. The fraction of sp³-hybridized carbons (Fsp3) is 0.125. The van der Waals surface area contributed by atoms with Crippen molar-refractivity contribution in [1.29, 1.82) is 0 Å². The van der Waals surface area contributed by atoms with Crippen molar-refractivity contribution in [3.8, 4) is 0 Å². The summed E-state index contributed by atoms with van der Waals surface area (Å²) in [6.45, 7) is -0.856. The highest BCUT2D eigenvalue weighted by molar-refractivity contribution is 9.10. The average Bonchev–Trinajstić information content (AvgIpc) is 2.12. The van der Waals surface area contributed by atoms with E-state index in [9.17, 15) is 18.3 Å². The van der Waals surface area contributed by atoms with Crippen LogP contribution in [0.5, 0.6) is 0 Å². The molecule has 94 valence electrons. The van der Waals surface area contributed by atoms with Crippen molar-refractivity contribution in [2.45, 2.75) is 4.90 Å². The van der Waals surface area contributed by atoms with Crippen molar-refractivity contribution in [1.82, 2.24) is 4.72 Å². The highest BCUT2D eigenvalue weighted by Gasteiger charge is 2.21. The van der Waals surface area contributed by atoms with Gasteiger partial charge in [-0.2, -0.15) is 0 Å². The summed E-state index contributed by atoms with van der Waals surface area (Å²) in [5, 5.41) is 9.96. The largest absolute Gasteiger partial charge is 0.549 e. The molecule has 0 bridgehead atoms. The number of halogens is 3. The van der Waals surface area contributed by atoms with Crippen molar-refractivity contribution < 1.29 is 18.3 Å². The van der Waals surface area contributed by atoms with Crippen molar-refractivity contribution in [2.24, 2.45) is 0 Å². The van der Waals surface area contributed by atoms with Gasteiger partial charge in [0.1, 0.15) is 4.90 Å². The van der Waals surface area contributed by atoms with E-state index in [0.717, 1.165) is 0 Å². The lowest BCUT2D eigenvalue weighted by atomic mass is 10.4. The second-order valence-electron chi connectivity index (χ2n) is 2.90. The van der Waals surface area contributed by atoms with E-state index in [1.165, 1.54) is 12.1 Å². The van der Waals surface area contributed by atoms with E-state index in [2.05, 4.69) is 15.9 Å². The summed E-state index contributed by atoms with van der Waals surface area (Å²) < 4.78 is 25.7. The SMILES string of the molecule is O=C([O-])CNS(=O)(=O)c1c(Cl)cc(Br)cc1Cl. The van der Waals surface area contributed by atoms with E-state index in [-0.39, 0.29) is 14.9 Å². The van der Waals surface area contributed by atoms with Crippen molar-refractivity contribution in [3.63, 3.8) is 0 Å². The van der Waals surface area contributed by atoms with E-state index in [1.54, 1.807) is 4.72 Å². The van der Waals surface area contributed by atoms with Crippen LogP contribution < -0.4 is 9.83 Å². The van der Waals surface area contributed by atoms with Gasteiger partial charge in [0.15, 0.2) is 0 Å². The molecule has 17 heavy (non-hydrogen) atoms. The van der Waals surface area contributed by atoms with E-state index in [4.69, 9.17) is 23.2 Å². The monoisotopic (exact) mass is 360 g/mol. The van der Waals surface area contributed by atoms with Crippen LogP contribution in [0, 0.1) is 0 Å². The highest BCUT2D eigenvalue weighted by Crippen LogP contribution is 2.32. The zero-order valence-corrected chi connectivity index (χ0v) is 12.0. The van der Waals surface area contributed by atoms with Gasteiger partial charge in [0.05, 0.1) is 22.6 Å². The van der Waals surface area contributed by atoms with Crippen LogP contribution in [0.4, 0.5) is 0 Å². The highest BCUT2D eigenvalue weighted by atomic mass is 79.9. The average molecular weight is 362 g/mol. The first-order valence-electron chi connectivity index (χ1n) is 4.08. The number of aliphatic carboxylic acids is 1. The van der Waals surface area contributed by atoms with Gasteiger partial charge in [-0.3, -0.25) is 0 Å². The van der Waals surface area contributed by atoms with Crippen LogP contribution in [-0.2, 0) is 14.8 Å². The van der Waals surface area contributed by atoms with Crippen LogP contribution in [0.25, 0.3) is 0 Å². The Hall–Kier alpha value is -0.340. The Morgan fingerprint density at radius 1 is 1.35 bits per heavy atom. The van der Waals surface area contributed by atoms with Crippen LogP contribution in [0.15, 0.2) is 21.5 Å². The maximum Gasteiger partial charge on any atom is 0.243 e. The lowest BCUT2D eigenvalue weighted by molar-refractivity contribution is -0.303. The first kappa shape index (κ1) is 14.7. The van der Waals surface area contributed by atoms with Crippen LogP contribution in [-0.4, -0.2) is 20.9 Å². The number of nitrogens with one attached hydrogen (secondary N) is 1. The maximum atomic E-state index is 11.7. The maximum absolute atomic E-state index is 11.7. The number of carbonyl (C=O) groups is 1. The fourth-order valence-corrected chi connectivity index (χ4v) is 3.91. The Bertz CT molecular complexity index is 538. The molecule has 0 aliphatic rings.